The molecule has 1 saturated heterocycles. The van der Waals surface area contributed by atoms with Gasteiger partial charge in [0, 0.05) is 30.6 Å². The molecule has 144 valence electrons. The van der Waals surface area contributed by atoms with Crippen LogP contribution in [0.25, 0.3) is 16.7 Å². The van der Waals surface area contributed by atoms with Crippen LogP contribution in [0, 0.1) is 6.92 Å². The van der Waals surface area contributed by atoms with E-state index in [4.69, 9.17) is 16.7 Å². The second kappa shape index (κ2) is 7.00. The van der Waals surface area contributed by atoms with E-state index in [1.807, 2.05) is 25.1 Å². The smallest absolute Gasteiger partial charge is 0.282 e. The monoisotopic (exact) mass is 400 g/mol. The van der Waals surface area contributed by atoms with Gasteiger partial charge in [0.25, 0.3) is 5.91 Å². The van der Waals surface area contributed by atoms with Crippen LogP contribution in [0.2, 0.25) is 5.02 Å². The molecule has 0 radical (unpaired) electrons. The Kier molecular flexibility index (Phi) is 4.64. The first-order valence-corrected chi connectivity index (χ1v) is 9.16. The van der Waals surface area contributed by atoms with Crippen LogP contribution in [0.4, 0.5) is 4.39 Å². The van der Waals surface area contributed by atoms with Gasteiger partial charge in [0.15, 0.2) is 11.5 Å². The summed E-state index contributed by atoms with van der Waals surface area (Å²) in [5, 5.41) is 15.8. The summed E-state index contributed by atoms with van der Waals surface area (Å²) >= 11 is 6.43. The van der Waals surface area contributed by atoms with Gasteiger partial charge in [-0.05, 0) is 36.2 Å². The summed E-state index contributed by atoms with van der Waals surface area (Å²) in [6, 6.07) is 7.38. The number of nitrogens with zero attached hydrogens (tertiary/aromatic N) is 4. The number of hydrogen-bond acceptors (Lipinski definition) is 4. The molecule has 1 amide bonds. The maximum atomic E-state index is 13.1. The van der Waals surface area contributed by atoms with Gasteiger partial charge in [-0.2, -0.15) is 5.10 Å². The fourth-order valence-corrected chi connectivity index (χ4v) is 3.81. The molecule has 3 aromatic rings. The average Bonchev–Trinajstić information content (AvgIpc) is 2.99. The second-order valence-corrected chi connectivity index (χ2v) is 7.30. The molecule has 6 nitrogen and oxygen atoms in total. The molecular formula is C20H18ClFN4O2. The topological polar surface area (TPSA) is 71.2 Å². The first kappa shape index (κ1) is 18.6. The fraction of sp³-hybridized carbons (Fsp3) is 0.250. The van der Waals surface area contributed by atoms with E-state index >= 15 is 0 Å². The Bertz CT molecular complexity index is 1110. The molecule has 0 saturated carbocycles. The number of halogens is 2. The number of likely N-dealkylation sites (tertiary alicyclic amines) is 1. The van der Waals surface area contributed by atoms with Gasteiger partial charge in [-0.3, -0.25) is 4.79 Å². The highest BCUT2D eigenvalue weighted by atomic mass is 35.5. The number of aryl methyl sites for hydroxylation is 1. The molecule has 8 heteroatoms. The van der Waals surface area contributed by atoms with Crippen molar-refractivity contribution in [1.29, 1.82) is 0 Å². The molecule has 0 bridgehead atoms. The van der Waals surface area contributed by atoms with E-state index in [1.54, 1.807) is 16.9 Å². The van der Waals surface area contributed by atoms with Crippen LogP contribution in [0.5, 0.6) is 0 Å². The Morgan fingerprint density at radius 1 is 1.39 bits per heavy atom. The lowest BCUT2D eigenvalue weighted by atomic mass is 9.93. The number of carbonyl (C=O) groups is 1. The number of amides is 1. The zero-order chi connectivity index (χ0) is 20.0. The normalized spacial score (nSPS) is 14.4. The standard InChI is InChI=1S/C20H18ClFN4O2/c1-11-3-4-16(15(21)7-11)26-19-17(13(10-27)5-6-23-19)18(24-26)14-8-25(9-14)20(28)12(2)22/h3-7,14,27H,2,8-10H2,1H3. The quantitative estimate of drug-likeness (QED) is 0.682. The Morgan fingerprint density at radius 3 is 2.79 bits per heavy atom. The second-order valence-electron chi connectivity index (χ2n) is 6.89. The van der Waals surface area contributed by atoms with Crippen molar-refractivity contribution < 1.29 is 14.3 Å². The van der Waals surface area contributed by atoms with Crippen molar-refractivity contribution >= 4 is 28.5 Å². The Balaban J connectivity index is 1.82. The zero-order valence-electron chi connectivity index (χ0n) is 15.2. The van der Waals surface area contributed by atoms with E-state index in [0.29, 0.717) is 40.7 Å². The summed E-state index contributed by atoms with van der Waals surface area (Å²) in [6.07, 6.45) is 1.61. The highest BCUT2D eigenvalue weighted by Crippen LogP contribution is 2.35. The molecule has 0 aliphatic carbocycles. The molecule has 1 aromatic carbocycles. The van der Waals surface area contributed by atoms with E-state index in [-0.39, 0.29) is 12.5 Å². The van der Waals surface area contributed by atoms with Gasteiger partial charge in [-0.15, -0.1) is 0 Å². The predicted octanol–water partition coefficient (Wildman–Crippen LogP) is 3.28. The minimum atomic E-state index is -0.974. The van der Waals surface area contributed by atoms with Gasteiger partial charge >= 0.3 is 0 Å². The van der Waals surface area contributed by atoms with Gasteiger partial charge < -0.3 is 10.0 Å². The Hall–Kier alpha value is -2.77. The molecule has 4 rings (SSSR count). The predicted molar refractivity (Wildman–Crippen MR) is 104 cm³/mol. The molecular weight excluding hydrogens is 383 g/mol. The number of fused-ring (bicyclic) bond motifs is 1. The van der Waals surface area contributed by atoms with E-state index in [2.05, 4.69) is 11.6 Å². The van der Waals surface area contributed by atoms with Crippen LogP contribution in [-0.2, 0) is 11.4 Å². The fourth-order valence-electron chi connectivity index (χ4n) is 3.49. The van der Waals surface area contributed by atoms with Crippen molar-refractivity contribution in [3.63, 3.8) is 0 Å². The number of hydrogen-bond donors (Lipinski definition) is 1. The third-order valence-corrected chi connectivity index (χ3v) is 5.27. The summed E-state index contributed by atoms with van der Waals surface area (Å²) in [5.41, 5.74) is 3.67. The van der Waals surface area contributed by atoms with Crippen LogP contribution in [-0.4, -0.2) is 43.8 Å². The first-order valence-electron chi connectivity index (χ1n) is 8.78. The van der Waals surface area contributed by atoms with Crippen molar-refractivity contribution in [3.8, 4) is 5.69 Å². The van der Waals surface area contributed by atoms with E-state index in [1.165, 1.54) is 4.90 Å². The lowest BCUT2D eigenvalue weighted by Crippen LogP contribution is -2.48. The molecule has 28 heavy (non-hydrogen) atoms. The minimum absolute atomic E-state index is 0.0919. The molecule has 1 N–H and O–H groups in total. The maximum absolute atomic E-state index is 13.1. The summed E-state index contributed by atoms with van der Waals surface area (Å²) in [5.74, 6) is -1.77. The summed E-state index contributed by atoms with van der Waals surface area (Å²) in [7, 11) is 0. The number of carbonyl (C=O) groups excluding carboxylic acids is 1. The SMILES string of the molecule is C=C(F)C(=O)N1CC(c2nn(-c3ccc(C)cc3Cl)c3nccc(CO)c23)C1. The van der Waals surface area contributed by atoms with Crippen LogP contribution in [0.3, 0.4) is 0 Å². The van der Waals surface area contributed by atoms with Crippen molar-refractivity contribution in [2.24, 2.45) is 0 Å². The van der Waals surface area contributed by atoms with Gasteiger partial charge in [0.1, 0.15) is 0 Å². The van der Waals surface area contributed by atoms with Gasteiger partial charge in [-0.25, -0.2) is 14.1 Å². The molecule has 1 fully saturated rings. The molecule has 2 aromatic heterocycles. The third kappa shape index (κ3) is 2.96. The molecule has 0 unspecified atom stereocenters. The minimum Gasteiger partial charge on any atom is -0.392 e. The van der Waals surface area contributed by atoms with E-state index < -0.39 is 11.7 Å². The van der Waals surface area contributed by atoms with Crippen molar-refractivity contribution in [3.05, 3.63) is 64.7 Å². The first-order chi connectivity index (χ1) is 13.4. The molecule has 1 aliphatic rings. The van der Waals surface area contributed by atoms with Crippen molar-refractivity contribution in [1.82, 2.24) is 19.7 Å². The number of rotatable bonds is 4. The van der Waals surface area contributed by atoms with Gasteiger partial charge in [0.2, 0.25) is 0 Å². The maximum Gasteiger partial charge on any atom is 0.282 e. The lowest BCUT2D eigenvalue weighted by Gasteiger charge is -2.38. The Morgan fingerprint density at radius 2 is 2.14 bits per heavy atom. The van der Waals surface area contributed by atoms with E-state index in [9.17, 15) is 14.3 Å². The summed E-state index contributed by atoms with van der Waals surface area (Å²) < 4.78 is 14.8. The highest BCUT2D eigenvalue weighted by Gasteiger charge is 2.36. The number of aliphatic hydroxyl groups excluding tert-OH is 1. The third-order valence-electron chi connectivity index (χ3n) is 4.97. The number of aliphatic hydroxyl groups is 1. The molecule has 0 atom stereocenters. The largest absolute Gasteiger partial charge is 0.392 e. The van der Waals surface area contributed by atoms with Crippen LogP contribution >= 0.6 is 11.6 Å². The number of benzene rings is 1. The van der Waals surface area contributed by atoms with E-state index in [0.717, 1.165) is 10.9 Å². The zero-order valence-corrected chi connectivity index (χ0v) is 15.9. The number of aromatic nitrogens is 3. The van der Waals surface area contributed by atoms with Crippen molar-refractivity contribution in [2.75, 3.05) is 13.1 Å². The van der Waals surface area contributed by atoms with Crippen LogP contribution in [0.1, 0.15) is 22.7 Å². The highest BCUT2D eigenvalue weighted by molar-refractivity contribution is 6.32. The van der Waals surface area contributed by atoms with Crippen molar-refractivity contribution in [2.45, 2.75) is 19.4 Å². The summed E-state index contributed by atoms with van der Waals surface area (Å²) in [6.45, 7) is 5.49. The average molecular weight is 401 g/mol. The lowest BCUT2D eigenvalue weighted by molar-refractivity contribution is -0.133. The molecule has 1 aliphatic heterocycles. The molecule has 0 spiro atoms. The number of pyridine rings is 1. The van der Waals surface area contributed by atoms with Crippen LogP contribution < -0.4 is 0 Å². The summed E-state index contributed by atoms with van der Waals surface area (Å²) in [4.78, 5) is 17.6. The Labute approximate surface area is 165 Å². The molecule has 3 heterocycles. The van der Waals surface area contributed by atoms with Gasteiger partial charge in [0.05, 0.1) is 23.0 Å². The van der Waals surface area contributed by atoms with Gasteiger partial charge in [-0.1, -0.05) is 24.2 Å². The van der Waals surface area contributed by atoms with Crippen LogP contribution in [0.15, 0.2) is 42.9 Å².